The van der Waals surface area contributed by atoms with Gasteiger partial charge in [0.05, 0.1) is 5.39 Å². The third-order valence-corrected chi connectivity index (χ3v) is 4.99. The molecule has 124 valence electrons. The second kappa shape index (κ2) is 6.57. The number of nitrogens with zero attached hydrogens (tertiary/aromatic N) is 2. The van der Waals surface area contributed by atoms with Crippen molar-refractivity contribution in [2.75, 3.05) is 0 Å². The summed E-state index contributed by atoms with van der Waals surface area (Å²) >= 11 is 1.45. The number of carboxylic acids is 1. The lowest BCUT2D eigenvalue weighted by Crippen LogP contribution is -2.32. The molecule has 3 aromatic rings. The highest BCUT2D eigenvalue weighted by molar-refractivity contribution is 7.18. The van der Waals surface area contributed by atoms with Crippen LogP contribution in [0.2, 0.25) is 0 Å². The molecule has 2 heterocycles. The third-order valence-electron chi connectivity index (χ3n) is 4.04. The van der Waals surface area contributed by atoms with Crippen molar-refractivity contribution in [3.05, 3.63) is 63.0 Å². The number of aromatic nitrogens is 2. The number of hydrogen-bond acceptors (Lipinski definition) is 4. The van der Waals surface area contributed by atoms with Gasteiger partial charge >= 0.3 is 5.97 Å². The Morgan fingerprint density at radius 2 is 2.00 bits per heavy atom. The predicted octanol–water partition coefficient (Wildman–Crippen LogP) is 3.33. The van der Waals surface area contributed by atoms with E-state index in [9.17, 15) is 14.7 Å². The number of thiophene rings is 1. The van der Waals surface area contributed by atoms with Crippen LogP contribution in [0.5, 0.6) is 0 Å². The molecule has 0 spiro atoms. The zero-order valence-electron chi connectivity index (χ0n) is 13.5. The fourth-order valence-corrected chi connectivity index (χ4v) is 3.81. The number of aliphatic carboxylic acids is 1. The summed E-state index contributed by atoms with van der Waals surface area (Å²) in [6.45, 7) is 3.60. The van der Waals surface area contributed by atoms with Crippen molar-refractivity contribution >= 4 is 27.5 Å². The van der Waals surface area contributed by atoms with Crippen molar-refractivity contribution in [2.45, 2.75) is 32.7 Å². The van der Waals surface area contributed by atoms with E-state index in [2.05, 4.69) is 4.98 Å². The molecule has 6 heteroatoms. The number of fused-ring (bicyclic) bond motifs is 1. The summed E-state index contributed by atoms with van der Waals surface area (Å²) in [5.41, 5.74) is 0.775. The van der Waals surface area contributed by atoms with Gasteiger partial charge in [0, 0.05) is 4.88 Å². The highest BCUT2D eigenvalue weighted by Crippen LogP contribution is 2.23. The summed E-state index contributed by atoms with van der Waals surface area (Å²) in [7, 11) is 0. The minimum Gasteiger partial charge on any atom is -0.480 e. The van der Waals surface area contributed by atoms with Gasteiger partial charge in [-0.25, -0.2) is 9.78 Å². The van der Waals surface area contributed by atoms with Crippen LogP contribution in [0, 0.1) is 13.8 Å². The van der Waals surface area contributed by atoms with Gasteiger partial charge in [0.25, 0.3) is 5.56 Å². The van der Waals surface area contributed by atoms with Gasteiger partial charge in [-0.05, 0) is 38.3 Å². The maximum Gasteiger partial charge on any atom is 0.326 e. The summed E-state index contributed by atoms with van der Waals surface area (Å²) in [6.07, 6.45) is 0.931. The molecule has 0 saturated carbocycles. The Kier molecular flexibility index (Phi) is 4.49. The lowest BCUT2D eigenvalue weighted by molar-refractivity contribution is -0.141. The lowest BCUT2D eigenvalue weighted by atomic mass is 10.0. The predicted molar refractivity (Wildman–Crippen MR) is 94.8 cm³/mol. The van der Waals surface area contributed by atoms with Gasteiger partial charge in [-0.2, -0.15) is 0 Å². The van der Waals surface area contributed by atoms with Gasteiger partial charge in [0.2, 0.25) is 0 Å². The Morgan fingerprint density at radius 1 is 1.29 bits per heavy atom. The van der Waals surface area contributed by atoms with Crippen LogP contribution >= 0.6 is 11.3 Å². The molecule has 5 nitrogen and oxygen atoms in total. The highest BCUT2D eigenvalue weighted by Gasteiger charge is 2.24. The molecule has 0 aliphatic carbocycles. The number of benzene rings is 1. The second-order valence-electron chi connectivity index (χ2n) is 5.79. The average Bonchev–Trinajstić information content (AvgIpc) is 2.91. The average molecular weight is 342 g/mol. The molecule has 0 bridgehead atoms. The van der Waals surface area contributed by atoms with E-state index in [1.54, 1.807) is 13.0 Å². The number of carboxylic acid groups (broad SMARTS) is 1. The lowest BCUT2D eigenvalue weighted by Gasteiger charge is -2.18. The Bertz CT molecular complexity index is 944. The largest absolute Gasteiger partial charge is 0.480 e. The van der Waals surface area contributed by atoms with Crippen molar-refractivity contribution in [3.8, 4) is 0 Å². The van der Waals surface area contributed by atoms with Gasteiger partial charge in [0.15, 0.2) is 0 Å². The molecular weight excluding hydrogens is 324 g/mol. The molecule has 3 rings (SSSR count). The Labute approximate surface area is 143 Å². The molecule has 0 aliphatic rings. The highest BCUT2D eigenvalue weighted by atomic mass is 32.1. The van der Waals surface area contributed by atoms with E-state index in [4.69, 9.17) is 0 Å². The van der Waals surface area contributed by atoms with Crippen molar-refractivity contribution in [2.24, 2.45) is 0 Å². The molecule has 0 fully saturated rings. The number of aryl methyl sites for hydroxylation is 3. The van der Waals surface area contributed by atoms with Crippen LogP contribution in [0.25, 0.3) is 10.2 Å². The molecular formula is C18H18N2O3S. The van der Waals surface area contributed by atoms with Crippen molar-refractivity contribution < 1.29 is 9.90 Å². The molecule has 2 aromatic heterocycles. The summed E-state index contributed by atoms with van der Waals surface area (Å²) < 4.78 is 1.32. The van der Waals surface area contributed by atoms with Gasteiger partial charge in [-0.15, -0.1) is 11.3 Å². The van der Waals surface area contributed by atoms with Crippen molar-refractivity contribution in [1.82, 2.24) is 9.55 Å². The molecule has 1 atom stereocenters. The fourth-order valence-electron chi connectivity index (χ4n) is 2.89. The summed E-state index contributed by atoms with van der Waals surface area (Å²) in [6, 6.07) is 10.5. The number of carbonyl (C=O) groups is 1. The van der Waals surface area contributed by atoms with Gasteiger partial charge in [-0.3, -0.25) is 9.36 Å². The maximum atomic E-state index is 12.8. The normalized spacial score (nSPS) is 12.4. The summed E-state index contributed by atoms with van der Waals surface area (Å²) in [5, 5.41) is 10.1. The van der Waals surface area contributed by atoms with E-state index in [1.165, 1.54) is 15.9 Å². The monoisotopic (exact) mass is 342 g/mol. The first-order valence-electron chi connectivity index (χ1n) is 7.73. The Morgan fingerprint density at radius 3 is 2.67 bits per heavy atom. The van der Waals surface area contributed by atoms with Crippen LogP contribution in [0.1, 0.15) is 28.7 Å². The third kappa shape index (κ3) is 3.10. The number of hydrogen-bond donors (Lipinski definition) is 1. The van der Waals surface area contributed by atoms with Crippen molar-refractivity contribution in [3.63, 3.8) is 0 Å². The molecule has 0 saturated heterocycles. The topological polar surface area (TPSA) is 72.2 Å². The van der Waals surface area contributed by atoms with Crippen LogP contribution in [0.4, 0.5) is 0 Å². The van der Waals surface area contributed by atoms with E-state index >= 15 is 0 Å². The molecule has 0 amide bonds. The van der Waals surface area contributed by atoms with E-state index in [-0.39, 0.29) is 5.56 Å². The first-order valence-corrected chi connectivity index (χ1v) is 8.55. The zero-order valence-corrected chi connectivity index (χ0v) is 14.3. The van der Waals surface area contributed by atoms with Gasteiger partial charge < -0.3 is 5.11 Å². The smallest absolute Gasteiger partial charge is 0.326 e. The van der Waals surface area contributed by atoms with Crippen LogP contribution in [0.3, 0.4) is 0 Å². The maximum absolute atomic E-state index is 12.8. The van der Waals surface area contributed by atoms with Crippen LogP contribution in [-0.2, 0) is 11.2 Å². The number of rotatable bonds is 5. The molecule has 24 heavy (non-hydrogen) atoms. The van der Waals surface area contributed by atoms with Gasteiger partial charge in [-0.1, -0.05) is 30.3 Å². The Balaban J connectivity index is 2.01. The van der Waals surface area contributed by atoms with Crippen LogP contribution in [-0.4, -0.2) is 20.6 Å². The molecule has 1 aromatic carbocycles. The van der Waals surface area contributed by atoms with Crippen molar-refractivity contribution in [1.29, 1.82) is 0 Å². The fraction of sp³-hybridized carbons (Fsp3) is 0.278. The van der Waals surface area contributed by atoms with Crippen LogP contribution < -0.4 is 5.56 Å². The molecule has 1 unspecified atom stereocenters. The Hall–Kier alpha value is -2.47. The standard InChI is InChI=1S/C18H18N2O3S/c1-11-10-14-16(24-11)19-12(2)20(17(14)21)15(18(22)23)9-8-13-6-4-3-5-7-13/h3-7,10,15H,8-9H2,1-2H3,(H,22,23). The van der Waals surface area contributed by atoms with Crippen LogP contribution in [0.15, 0.2) is 41.2 Å². The second-order valence-corrected chi connectivity index (χ2v) is 7.02. The minimum atomic E-state index is -1.01. The van der Waals surface area contributed by atoms with E-state index in [1.807, 2.05) is 37.3 Å². The first kappa shape index (κ1) is 16.4. The quantitative estimate of drug-likeness (QED) is 0.772. The summed E-state index contributed by atoms with van der Waals surface area (Å²) in [5.74, 6) is -0.570. The zero-order chi connectivity index (χ0) is 17.3. The van der Waals surface area contributed by atoms with Gasteiger partial charge in [0.1, 0.15) is 16.7 Å². The molecule has 0 radical (unpaired) electrons. The molecule has 0 aliphatic heterocycles. The van der Waals surface area contributed by atoms with E-state index in [0.29, 0.717) is 28.9 Å². The first-order chi connectivity index (χ1) is 11.5. The van der Waals surface area contributed by atoms with E-state index in [0.717, 1.165) is 10.4 Å². The van der Waals surface area contributed by atoms with E-state index < -0.39 is 12.0 Å². The molecule has 1 N–H and O–H groups in total. The SMILES string of the molecule is Cc1cc2c(=O)n(C(CCc3ccccc3)C(=O)O)c(C)nc2s1. The summed E-state index contributed by atoms with van der Waals surface area (Å²) in [4.78, 5) is 30.7. The minimum absolute atomic E-state index is 0.276.